The molecule has 152 valence electrons. The Balaban J connectivity index is 2.12. The highest BCUT2D eigenvalue weighted by Gasteiger charge is 2.39. The third kappa shape index (κ3) is 3.72. The Labute approximate surface area is 163 Å². The van der Waals surface area contributed by atoms with Gasteiger partial charge in [-0.3, -0.25) is 9.10 Å². The van der Waals surface area contributed by atoms with Gasteiger partial charge in [0, 0.05) is 13.2 Å². The van der Waals surface area contributed by atoms with Gasteiger partial charge in [-0.2, -0.15) is 0 Å². The quantitative estimate of drug-likeness (QED) is 0.715. The molecule has 2 heterocycles. The summed E-state index contributed by atoms with van der Waals surface area (Å²) in [6.45, 7) is 0. The molecule has 0 radical (unpaired) electrons. The van der Waals surface area contributed by atoms with Crippen molar-refractivity contribution in [1.29, 1.82) is 0 Å². The zero-order chi connectivity index (χ0) is 20.7. The molecule has 1 fully saturated rings. The number of rotatable bonds is 6. The molecular weight excluding hydrogens is 406 g/mol. The average molecular weight is 428 g/mol. The normalized spacial score (nSPS) is 18.7. The molecule has 9 nitrogen and oxygen atoms in total. The van der Waals surface area contributed by atoms with E-state index in [0.717, 1.165) is 4.31 Å². The maximum atomic E-state index is 13.4. The van der Waals surface area contributed by atoms with Crippen molar-refractivity contribution in [2.45, 2.75) is 17.4 Å². The Morgan fingerprint density at radius 3 is 2.39 bits per heavy atom. The average Bonchev–Trinajstić information content (AvgIpc) is 3.18. The minimum atomic E-state index is -4.14. The van der Waals surface area contributed by atoms with E-state index in [1.54, 1.807) is 24.3 Å². The zero-order valence-corrected chi connectivity index (χ0v) is 17.0. The molecule has 1 amide bonds. The van der Waals surface area contributed by atoms with Crippen molar-refractivity contribution >= 4 is 31.5 Å². The second-order valence-corrected chi connectivity index (χ2v) is 10.6. The first-order valence-electron chi connectivity index (χ1n) is 8.40. The second kappa shape index (κ2) is 7.13. The fraction of sp³-hybridized carbons (Fsp3) is 0.353. The van der Waals surface area contributed by atoms with Gasteiger partial charge in [0.05, 0.1) is 30.3 Å². The molecule has 28 heavy (non-hydrogen) atoms. The predicted octanol–water partition coefficient (Wildman–Crippen LogP) is 0.515. The topological polar surface area (TPSA) is 129 Å². The molecule has 0 aliphatic carbocycles. The van der Waals surface area contributed by atoms with Crippen molar-refractivity contribution in [3.05, 3.63) is 42.2 Å². The van der Waals surface area contributed by atoms with E-state index < -0.39 is 31.8 Å². The number of aromatic nitrogens is 1. The Morgan fingerprint density at radius 2 is 1.93 bits per heavy atom. The van der Waals surface area contributed by atoms with Crippen LogP contribution in [0.3, 0.4) is 0 Å². The Hall–Kier alpha value is -2.53. The van der Waals surface area contributed by atoms with Gasteiger partial charge in [-0.05, 0) is 36.8 Å². The van der Waals surface area contributed by atoms with E-state index in [2.05, 4.69) is 0 Å². The van der Waals surface area contributed by atoms with Crippen molar-refractivity contribution in [2.24, 2.45) is 12.8 Å². The number of anilines is 1. The molecule has 3 rings (SSSR count). The van der Waals surface area contributed by atoms with Crippen molar-refractivity contribution in [3.8, 4) is 5.75 Å². The minimum absolute atomic E-state index is 0.0345. The first-order valence-corrected chi connectivity index (χ1v) is 11.7. The van der Waals surface area contributed by atoms with Gasteiger partial charge in [-0.15, -0.1) is 0 Å². The van der Waals surface area contributed by atoms with E-state index in [-0.39, 0.29) is 28.5 Å². The maximum Gasteiger partial charge on any atom is 0.266 e. The number of ether oxygens (including phenoxy) is 1. The lowest BCUT2D eigenvalue weighted by molar-refractivity contribution is 0.0992. The summed E-state index contributed by atoms with van der Waals surface area (Å²) in [5, 5.41) is 0. The lowest BCUT2D eigenvalue weighted by Crippen LogP contribution is -2.41. The van der Waals surface area contributed by atoms with E-state index >= 15 is 0 Å². The van der Waals surface area contributed by atoms with E-state index in [1.165, 1.54) is 31.0 Å². The van der Waals surface area contributed by atoms with Crippen molar-refractivity contribution in [2.75, 3.05) is 22.9 Å². The number of carbonyl (C=O) groups is 1. The fourth-order valence-electron chi connectivity index (χ4n) is 3.27. The molecule has 2 N–H and O–H groups in total. The molecular formula is C17H21N3O6S2. The highest BCUT2D eigenvalue weighted by Crippen LogP contribution is 2.32. The van der Waals surface area contributed by atoms with Crippen LogP contribution in [-0.2, 0) is 26.9 Å². The number of nitrogens with two attached hydrogens (primary N) is 1. The van der Waals surface area contributed by atoms with Crippen LogP contribution in [0.1, 0.15) is 16.9 Å². The molecule has 1 aromatic heterocycles. The predicted molar refractivity (Wildman–Crippen MR) is 104 cm³/mol. The molecule has 1 aromatic carbocycles. The Kier molecular flexibility index (Phi) is 5.15. The number of amides is 1. The van der Waals surface area contributed by atoms with Gasteiger partial charge in [0.25, 0.3) is 15.9 Å². The van der Waals surface area contributed by atoms with Crippen LogP contribution < -0.4 is 14.8 Å². The first kappa shape index (κ1) is 20.2. The van der Waals surface area contributed by atoms with Crippen LogP contribution in [-0.4, -0.2) is 52.0 Å². The van der Waals surface area contributed by atoms with E-state index in [1.807, 2.05) is 0 Å². The maximum absolute atomic E-state index is 13.4. The molecule has 1 saturated heterocycles. The summed E-state index contributed by atoms with van der Waals surface area (Å²) >= 11 is 0. The second-order valence-electron chi connectivity index (χ2n) is 6.59. The number of hydrogen-bond donors (Lipinski definition) is 1. The zero-order valence-electron chi connectivity index (χ0n) is 15.4. The molecule has 1 atom stereocenters. The highest BCUT2D eigenvalue weighted by molar-refractivity contribution is 7.93. The largest absolute Gasteiger partial charge is 0.497 e. The fourth-order valence-corrected chi connectivity index (χ4v) is 6.81. The van der Waals surface area contributed by atoms with Gasteiger partial charge in [-0.1, -0.05) is 0 Å². The van der Waals surface area contributed by atoms with Crippen LogP contribution in [0.2, 0.25) is 0 Å². The smallest absolute Gasteiger partial charge is 0.266 e. The van der Waals surface area contributed by atoms with Crippen molar-refractivity contribution in [3.63, 3.8) is 0 Å². The molecule has 0 bridgehead atoms. The number of aryl methyl sites for hydroxylation is 1. The van der Waals surface area contributed by atoms with Crippen LogP contribution in [0, 0.1) is 0 Å². The van der Waals surface area contributed by atoms with E-state index in [0.29, 0.717) is 11.4 Å². The lowest BCUT2D eigenvalue weighted by atomic mass is 10.2. The van der Waals surface area contributed by atoms with E-state index in [4.69, 9.17) is 10.5 Å². The van der Waals surface area contributed by atoms with Crippen molar-refractivity contribution in [1.82, 2.24) is 4.57 Å². The molecule has 0 saturated carbocycles. The number of sulfonamides is 1. The molecule has 0 spiro atoms. The number of methoxy groups -OCH3 is 1. The van der Waals surface area contributed by atoms with Crippen LogP contribution in [0.15, 0.2) is 41.4 Å². The number of sulfone groups is 1. The number of carbonyl (C=O) groups excluding carboxylic acids is 1. The summed E-state index contributed by atoms with van der Waals surface area (Å²) in [6, 6.07) is 6.75. The highest BCUT2D eigenvalue weighted by atomic mass is 32.2. The van der Waals surface area contributed by atoms with Gasteiger partial charge < -0.3 is 15.0 Å². The van der Waals surface area contributed by atoms with Crippen LogP contribution in [0.25, 0.3) is 0 Å². The molecule has 2 aromatic rings. The first-order chi connectivity index (χ1) is 13.0. The van der Waals surface area contributed by atoms with Gasteiger partial charge in [0.1, 0.15) is 16.3 Å². The summed E-state index contributed by atoms with van der Waals surface area (Å²) < 4.78 is 58.3. The summed E-state index contributed by atoms with van der Waals surface area (Å²) in [6.07, 6.45) is 1.47. The Bertz CT molecular complexity index is 1100. The van der Waals surface area contributed by atoms with Gasteiger partial charge in [0.15, 0.2) is 9.84 Å². The monoisotopic (exact) mass is 427 g/mol. The molecule has 1 aliphatic heterocycles. The van der Waals surface area contributed by atoms with Crippen LogP contribution in [0.4, 0.5) is 5.69 Å². The van der Waals surface area contributed by atoms with Crippen LogP contribution in [0.5, 0.6) is 5.75 Å². The molecule has 11 heteroatoms. The summed E-state index contributed by atoms with van der Waals surface area (Å²) in [5.74, 6) is -0.575. The summed E-state index contributed by atoms with van der Waals surface area (Å²) in [4.78, 5) is 11.4. The molecule has 1 unspecified atom stereocenters. The summed E-state index contributed by atoms with van der Waals surface area (Å²) in [5.41, 5.74) is 5.63. The third-order valence-electron chi connectivity index (χ3n) is 4.66. The van der Waals surface area contributed by atoms with Gasteiger partial charge in [-0.25, -0.2) is 16.8 Å². The Morgan fingerprint density at radius 1 is 1.29 bits per heavy atom. The van der Waals surface area contributed by atoms with Crippen molar-refractivity contribution < 1.29 is 26.4 Å². The number of benzene rings is 1. The minimum Gasteiger partial charge on any atom is -0.497 e. The van der Waals surface area contributed by atoms with Gasteiger partial charge in [0.2, 0.25) is 0 Å². The molecule has 1 aliphatic rings. The SMILES string of the molecule is COc1ccc(N(C2CCS(=O)(=O)C2)S(=O)(=O)c2cc(C(N)=O)n(C)c2)cc1. The summed E-state index contributed by atoms with van der Waals surface area (Å²) in [7, 11) is -4.47. The standard InChI is InChI=1S/C17H21N3O6S2/c1-19-10-15(9-16(19)17(18)21)28(24,25)20(13-7-8-27(22,23)11-13)12-3-5-14(26-2)6-4-12/h3-6,9-10,13H,7-8,11H2,1-2H3,(H2,18,21). The van der Waals surface area contributed by atoms with Gasteiger partial charge >= 0.3 is 0 Å². The number of nitrogens with zero attached hydrogens (tertiary/aromatic N) is 2. The third-order valence-corrected chi connectivity index (χ3v) is 8.25. The lowest BCUT2D eigenvalue weighted by Gasteiger charge is -2.29. The number of primary amides is 1. The van der Waals surface area contributed by atoms with E-state index in [9.17, 15) is 21.6 Å². The number of hydrogen-bond acceptors (Lipinski definition) is 6. The van der Waals surface area contributed by atoms with Crippen LogP contribution >= 0.6 is 0 Å².